The van der Waals surface area contributed by atoms with Crippen LogP contribution in [0.25, 0.3) is 0 Å². The predicted octanol–water partition coefficient (Wildman–Crippen LogP) is 2.97. The van der Waals surface area contributed by atoms with Gasteiger partial charge < -0.3 is 15.1 Å². The molecule has 0 saturated carbocycles. The molecule has 1 N–H and O–H groups in total. The van der Waals surface area contributed by atoms with Gasteiger partial charge in [-0.05, 0) is 31.4 Å². The van der Waals surface area contributed by atoms with E-state index in [1.54, 1.807) is 0 Å². The van der Waals surface area contributed by atoms with Gasteiger partial charge in [-0.1, -0.05) is 26.0 Å². The van der Waals surface area contributed by atoms with Crippen LogP contribution < -0.4 is 15.1 Å². The Bertz CT molecular complexity index is 428. The molecule has 1 aliphatic rings. The zero-order valence-corrected chi connectivity index (χ0v) is 13.6. The minimum absolute atomic E-state index is 0.541. The average Bonchev–Trinajstić information content (AvgIpc) is 2.40. The van der Waals surface area contributed by atoms with E-state index in [4.69, 9.17) is 0 Å². The van der Waals surface area contributed by atoms with Crippen LogP contribution in [0, 0.1) is 5.92 Å². The summed E-state index contributed by atoms with van der Waals surface area (Å²) in [6, 6.07) is 9.87. The molecule has 0 aromatic heterocycles. The fourth-order valence-corrected chi connectivity index (χ4v) is 3.08. The fraction of sp³-hybridized carbons (Fsp3) is 0.647. The summed E-state index contributed by atoms with van der Waals surface area (Å²) < 4.78 is 0. The van der Waals surface area contributed by atoms with Crippen LogP contribution >= 0.6 is 0 Å². The molecule has 0 radical (unpaired) electrons. The number of piperazine rings is 1. The Morgan fingerprint density at radius 2 is 2.00 bits per heavy atom. The molecule has 112 valence electrons. The Hall–Kier alpha value is -1.22. The van der Waals surface area contributed by atoms with Gasteiger partial charge in [0.25, 0.3) is 0 Å². The van der Waals surface area contributed by atoms with Gasteiger partial charge in [-0.3, -0.25) is 0 Å². The molecule has 0 spiro atoms. The van der Waals surface area contributed by atoms with Gasteiger partial charge in [0.05, 0.1) is 11.4 Å². The van der Waals surface area contributed by atoms with Crippen molar-refractivity contribution in [3.05, 3.63) is 24.3 Å². The monoisotopic (exact) mass is 275 g/mol. The minimum Gasteiger partial charge on any atom is -0.376 e. The molecule has 1 fully saturated rings. The van der Waals surface area contributed by atoms with Crippen molar-refractivity contribution in [1.29, 1.82) is 0 Å². The van der Waals surface area contributed by atoms with Crippen LogP contribution in [0.4, 0.5) is 11.4 Å². The summed E-state index contributed by atoms with van der Waals surface area (Å²) in [6.45, 7) is 9.09. The van der Waals surface area contributed by atoms with Crippen LogP contribution in [0.15, 0.2) is 24.3 Å². The molecule has 1 aliphatic heterocycles. The highest BCUT2D eigenvalue weighted by molar-refractivity contribution is 5.71. The standard InChI is InChI=1S/C17H29N3/c1-13(2)10-15-12-20(14(3)11-18-15)17-9-7-6-8-16(17)19(4)5/h6-9,13-15,18H,10-12H2,1-5H3. The second-order valence-corrected chi connectivity index (χ2v) is 6.62. The molecule has 2 rings (SSSR count). The largest absolute Gasteiger partial charge is 0.376 e. The molecule has 20 heavy (non-hydrogen) atoms. The summed E-state index contributed by atoms with van der Waals surface area (Å²) in [7, 11) is 4.24. The van der Waals surface area contributed by atoms with Crippen molar-refractivity contribution in [2.45, 2.75) is 39.3 Å². The maximum absolute atomic E-state index is 3.69. The van der Waals surface area contributed by atoms with E-state index in [0.717, 1.165) is 19.0 Å². The van der Waals surface area contributed by atoms with Gasteiger partial charge in [-0.2, -0.15) is 0 Å². The van der Waals surface area contributed by atoms with Crippen LogP contribution in [0.3, 0.4) is 0 Å². The summed E-state index contributed by atoms with van der Waals surface area (Å²) in [5, 5.41) is 3.69. The molecule has 1 aromatic rings. The third kappa shape index (κ3) is 3.45. The quantitative estimate of drug-likeness (QED) is 0.911. The van der Waals surface area contributed by atoms with Crippen LogP contribution in [-0.2, 0) is 0 Å². The first-order valence-corrected chi connectivity index (χ1v) is 7.75. The number of anilines is 2. The number of para-hydroxylation sites is 2. The van der Waals surface area contributed by atoms with E-state index < -0.39 is 0 Å². The SMILES string of the molecule is CC(C)CC1CN(c2ccccc2N(C)C)C(C)CN1. The topological polar surface area (TPSA) is 18.5 Å². The van der Waals surface area contributed by atoms with Gasteiger partial charge in [0.2, 0.25) is 0 Å². The Balaban J connectivity index is 2.21. The molecule has 3 nitrogen and oxygen atoms in total. The molecule has 1 saturated heterocycles. The summed E-state index contributed by atoms with van der Waals surface area (Å²) in [6.07, 6.45) is 1.24. The van der Waals surface area contributed by atoms with Crippen molar-refractivity contribution >= 4 is 11.4 Å². The number of hydrogen-bond donors (Lipinski definition) is 1. The third-order valence-electron chi connectivity index (χ3n) is 4.08. The Morgan fingerprint density at radius 3 is 2.65 bits per heavy atom. The van der Waals surface area contributed by atoms with Crippen LogP contribution in [-0.4, -0.2) is 39.3 Å². The Labute approximate surface area is 124 Å². The first kappa shape index (κ1) is 15.2. The number of rotatable bonds is 4. The lowest BCUT2D eigenvalue weighted by Gasteiger charge is -2.42. The van der Waals surface area contributed by atoms with Gasteiger partial charge in [0.1, 0.15) is 0 Å². The van der Waals surface area contributed by atoms with Crippen molar-refractivity contribution in [1.82, 2.24) is 5.32 Å². The van der Waals surface area contributed by atoms with Gasteiger partial charge in [-0.15, -0.1) is 0 Å². The lowest BCUT2D eigenvalue weighted by Crippen LogP contribution is -2.56. The molecule has 1 heterocycles. The summed E-state index contributed by atoms with van der Waals surface area (Å²) in [5.74, 6) is 0.742. The molecular formula is C17H29N3. The van der Waals surface area contributed by atoms with Crippen molar-refractivity contribution in [2.75, 3.05) is 37.0 Å². The van der Waals surface area contributed by atoms with Crippen molar-refractivity contribution in [3.63, 3.8) is 0 Å². The first-order chi connectivity index (χ1) is 9.49. The molecule has 0 aliphatic carbocycles. The van der Waals surface area contributed by atoms with Gasteiger partial charge in [0, 0.05) is 39.3 Å². The summed E-state index contributed by atoms with van der Waals surface area (Å²) >= 11 is 0. The summed E-state index contributed by atoms with van der Waals surface area (Å²) in [5.41, 5.74) is 2.67. The molecule has 0 amide bonds. The fourth-order valence-electron chi connectivity index (χ4n) is 3.08. The molecule has 1 aromatic carbocycles. The van der Waals surface area contributed by atoms with Crippen molar-refractivity contribution < 1.29 is 0 Å². The van der Waals surface area contributed by atoms with E-state index in [1.165, 1.54) is 17.8 Å². The molecule has 0 bridgehead atoms. The van der Waals surface area contributed by atoms with E-state index in [9.17, 15) is 0 Å². The molecular weight excluding hydrogens is 246 g/mol. The Kier molecular flexibility index (Phi) is 4.92. The lowest BCUT2D eigenvalue weighted by molar-refractivity contribution is 0.356. The zero-order valence-electron chi connectivity index (χ0n) is 13.6. The summed E-state index contributed by atoms with van der Waals surface area (Å²) in [4.78, 5) is 4.78. The smallest absolute Gasteiger partial charge is 0.0607 e. The lowest BCUT2D eigenvalue weighted by atomic mass is 9.99. The maximum atomic E-state index is 3.69. The van der Waals surface area contributed by atoms with Crippen LogP contribution in [0.2, 0.25) is 0 Å². The number of nitrogens with one attached hydrogen (secondary N) is 1. The van der Waals surface area contributed by atoms with E-state index in [0.29, 0.717) is 12.1 Å². The van der Waals surface area contributed by atoms with E-state index >= 15 is 0 Å². The Morgan fingerprint density at radius 1 is 1.30 bits per heavy atom. The zero-order chi connectivity index (χ0) is 14.7. The van der Waals surface area contributed by atoms with E-state index in [2.05, 4.69) is 74.2 Å². The highest BCUT2D eigenvalue weighted by Crippen LogP contribution is 2.30. The second kappa shape index (κ2) is 6.49. The molecule has 2 unspecified atom stereocenters. The van der Waals surface area contributed by atoms with Crippen molar-refractivity contribution in [3.8, 4) is 0 Å². The highest BCUT2D eigenvalue weighted by Gasteiger charge is 2.27. The molecule has 3 heteroatoms. The van der Waals surface area contributed by atoms with E-state index in [1.807, 2.05) is 0 Å². The molecule has 2 atom stereocenters. The third-order valence-corrected chi connectivity index (χ3v) is 4.08. The normalized spacial score (nSPS) is 23.2. The van der Waals surface area contributed by atoms with Gasteiger partial charge in [0.15, 0.2) is 0 Å². The van der Waals surface area contributed by atoms with Crippen LogP contribution in [0.1, 0.15) is 27.2 Å². The second-order valence-electron chi connectivity index (χ2n) is 6.62. The van der Waals surface area contributed by atoms with Gasteiger partial charge >= 0.3 is 0 Å². The van der Waals surface area contributed by atoms with E-state index in [-0.39, 0.29) is 0 Å². The van der Waals surface area contributed by atoms with Gasteiger partial charge in [-0.25, -0.2) is 0 Å². The highest BCUT2D eigenvalue weighted by atomic mass is 15.3. The maximum Gasteiger partial charge on any atom is 0.0607 e. The number of nitrogens with zero attached hydrogens (tertiary/aromatic N) is 2. The van der Waals surface area contributed by atoms with Crippen LogP contribution in [0.5, 0.6) is 0 Å². The first-order valence-electron chi connectivity index (χ1n) is 7.75. The number of hydrogen-bond acceptors (Lipinski definition) is 3. The number of benzene rings is 1. The average molecular weight is 275 g/mol. The minimum atomic E-state index is 0.541. The predicted molar refractivity (Wildman–Crippen MR) is 88.8 cm³/mol. The van der Waals surface area contributed by atoms with Crippen molar-refractivity contribution in [2.24, 2.45) is 5.92 Å².